The first-order valence-electron chi connectivity index (χ1n) is 7.96. The minimum absolute atomic E-state index is 0.738. The molecule has 0 saturated heterocycles. The Morgan fingerprint density at radius 3 is 2.35 bits per heavy atom. The number of aromatic nitrogens is 4. The maximum absolute atomic E-state index is 4.76. The van der Waals surface area contributed by atoms with Gasteiger partial charge in [-0.2, -0.15) is 5.10 Å². The summed E-state index contributed by atoms with van der Waals surface area (Å²) in [5, 5.41) is 7.56. The Labute approximate surface area is 137 Å². The van der Waals surface area contributed by atoms with Crippen LogP contribution >= 0.6 is 0 Å². The number of nitrogens with one attached hydrogen (secondary N) is 1. The number of benzene rings is 1. The van der Waals surface area contributed by atoms with E-state index in [4.69, 9.17) is 4.98 Å². The van der Waals surface area contributed by atoms with Gasteiger partial charge in [0.2, 0.25) is 0 Å². The molecule has 2 aromatic heterocycles. The van der Waals surface area contributed by atoms with Gasteiger partial charge >= 0.3 is 0 Å². The molecule has 0 radical (unpaired) electrons. The summed E-state index contributed by atoms with van der Waals surface area (Å²) in [4.78, 5) is 9.13. The first-order valence-corrected chi connectivity index (χ1v) is 7.96. The molecular formula is C19H22N4. The summed E-state index contributed by atoms with van der Waals surface area (Å²) in [6.07, 6.45) is 2.83. The van der Waals surface area contributed by atoms with E-state index in [-0.39, 0.29) is 0 Å². The van der Waals surface area contributed by atoms with Crippen molar-refractivity contribution in [3.8, 4) is 22.8 Å². The highest BCUT2D eigenvalue weighted by atomic mass is 15.2. The monoisotopic (exact) mass is 306 g/mol. The summed E-state index contributed by atoms with van der Waals surface area (Å²) in [6, 6.07) is 6.41. The number of hydrogen-bond donors (Lipinski definition) is 1. The summed E-state index contributed by atoms with van der Waals surface area (Å²) >= 11 is 0. The van der Waals surface area contributed by atoms with E-state index in [1.165, 1.54) is 22.3 Å². The Kier molecular flexibility index (Phi) is 3.99. The highest BCUT2D eigenvalue weighted by molar-refractivity contribution is 5.68. The smallest absolute Gasteiger partial charge is 0.181 e. The Bertz CT molecular complexity index is 839. The summed E-state index contributed by atoms with van der Waals surface area (Å²) in [5.74, 6) is 1.56. The molecule has 0 aliphatic rings. The standard InChI is InChI=1S/C19H22N4/c1-6-15-10-20-14(5)9-16(15)18-21-19(23-22-18)17-12(3)7-11(2)8-13(17)4/h7-10H,6H2,1-5H3,(H,21,22,23). The molecule has 0 saturated carbocycles. The normalized spacial score (nSPS) is 11.0. The van der Waals surface area contributed by atoms with E-state index in [9.17, 15) is 0 Å². The molecule has 0 unspecified atom stereocenters. The second-order valence-corrected chi connectivity index (χ2v) is 6.12. The van der Waals surface area contributed by atoms with Crippen molar-refractivity contribution in [1.82, 2.24) is 20.2 Å². The van der Waals surface area contributed by atoms with Crippen LogP contribution in [0, 0.1) is 27.7 Å². The SMILES string of the molecule is CCc1cnc(C)cc1-c1n[nH]c(-c2c(C)cc(C)cc2C)n1. The van der Waals surface area contributed by atoms with Crippen molar-refractivity contribution in [2.24, 2.45) is 0 Å². The molecule has 118 valence electrons. The molecule has 0 aliphatic carbocycles. The van der Waals surface area contributed by atoms with Gasteiger partial charge in [-0.25, -0.2) is 4.98 Å². The molecule has 0 amide bonds. The maximum Gasteiger partial charge on any atom is 0.181 e. The number of hydrogen-bond acceptors (Lipinski definition) is 3. The van der Waals surface area contributed by atoms with Crippen LogP contribution in [0.1, 0.15) is 34.9 Å². The third-order valence-corrected chi connectivity index (χ3v) is 4.14. The molecule has 2 heterocycles. The summed E-state index contributed by atoms with van der Waals surface area (Å²) < 4.78 is 0. The molecule has 0 bridgehead atoms. The quantitative estimate of drug-likeness (QED) is 0.783. The van der Waals surface area contributed by atoms with E-state index in [1.54, 1.807) is 0 Å². The largest absolute Gasteiger partial charge is 0.261 e. The third kappa shape index (κ3) is 2.89. The molecule has 4 heteroatoms. The van der Waals surface area contributed by atoms with E-state index in [0.717, 1.165) is 34.9 Å². The molecule has 4 nitrogen and oxygen atoms in total. The van der Waals surface area contributed by atoms with Crippen molar-refractivity contribution >= 4 is 0 Å². The number of pyridine rings is 1. The van der Waals surface area contributed by atoms with Gasteiger partial charge in [0.05, 0.1) is 0 Å². The van der Waals surface area contributed by atoms with Crippen molar-refractivity contribution in [3.05, 3.63) is 52.3 Å². The van der Waals surface area contributed by atoms with Crippen LogP contribution in [-0.2, 0) is 6.42 Å². The molecule has 0 atom stereocenters. The highest BCUT2D eigenvalue weighted by Crippen LogP contribution is 2.28. The maximum atomic E-state index is 4.76. The molecule has 1 aromatic carbocycles. The summed E-state index contributed by atoms with van der Waals surface area (Å²) in [6.45, 7) is 10.5. The lowest BCUT2D eigenvalue weighted by atomic mass is 9.99. The van der Waals surface area contributed by atoms with E-state index in [0.29, 0.717) is 0 Å². The molecule has 0 spiro atoms. The van der Waals surface area contributed by atoms with Crippen molar-refractivity contribution in [2.75, 3.05) is 0 Å². The number of aryl methyl sites for hydroxylation is 5. The van der Waals surface area contributed by atoms with Crippen LogP contribution < -0.4 is 0 Å². The van der Waals surface area contributed by atoms with Crippen LogP contribution in [0.4, 0.5) is 0 Å². The fraction of sp³-hybridized carbons (Fsp3) is 0.316. The highest BCUT2D eigenvalue weighted by Gasteiger charge is 2.14. The average Bonchev–Trinajstić information content (AvgIpc) is 2.95. The zero-order chi connectivity index (χ0) is 16.6. The van der Waals surface area contributed by atoms with Crippen LogP contribution in [-0.4, -0.2) is 20.2 Å². The van der Waals surface area contributed by atoms with Gasteiger partial charge in [0.1, 0.15) is 0 Å². The minimum atomic E-state index is 0.738. The second-order valence-electron chi connectivity index (χ2n) is 6.12. The Hall–Kier alpha value is -2.49. The molecular weight excluding hydrogens is 284 g/mol. The average molecular weight is 306 g/mol. The van der Waals surface area contributed by atoms with E-state index in [2.05, 4.69) is 61.1 Å². The fourth-order valence-electron chi connectivity index (χ4n) is 3.13. The lowest BCUT2D eigenvalue weighted by Gasteiger charge is -2.08. The van der Waals surface area contributed by atoms with Gasteiger partial charge in [-0.15, -0.1) is 0 Å². The zero-order valence-electron chi connectivity index (χ0n) is 14.4. The Morgan fingerprint density at radius 2 is 1.70 bits per heavy atom. The zero-order valence-corrected chi connectivity index (χ0v) is 14.4. The predicted octanol–water partition coefficient (Wildman–Crippen LogP) is 4.33. The van der Waals surface area contributed by atoms with Crippen LogP contribution in [0.25, 0.3) is 22.8 Å². The molecule has 23 heavy (non-hydrogen) atoms. The Morgan fingerprint density at radius 1 is 1.00 bits per heavy atom. The summed E-state index contributed by atoms with van der Waals surface area (Å²) in [5.41, 5.74) is 8.04. The van der Waals surface area contributed by atoms with Crippen molar-refractivity contribution < 1.29 is 0 Å². The van der Waals surface area contributed by atoms with Crippen LogP contribution in [0.3, 0.4) is 0 Å². The molecule has 0 fully saturated rings. The van der Waals surface area contributed by atoms with Crippen LogP contribution in [0.15, 0.2) is 24.4 Å². The lowest BCUT2D eigenvalue weighted by Crippen LogP contribution is -1.94. The van der Waals surface area contributed by atoms with Gasteiger partial charge < -0.3 is 0 Å². The minimum Gasteiger partial charge on any atom is -0.261 e. The number of rotatable bonds is 3. The predicted molar refractivity (Wildman–Crippen MR) is 93.4 cm³/mol. The molecule has 3 aromatic rings. The topological polar surface area (TPSA) is 54.5 Å². The van der Waals surface area contributed by atoms with Gasteiger partial charge in [-0.05, 0) is 56.9 Å². The van der Waals surface area contributed by atoms with Crippen molar-refractivity contribution in [3.63, 3.8) is 0 Å². The van der Waals surface area contributed by atoms with Gasteiger partial charge in [0, 0.05) is 23.0 Å². The van der Waals surface area contributed by atoms with Crippen LogP contribution in [0.5, 0.6) is 0 Å². The van der Waals surface area contributed by atoms with Crippen LogP contribution in [0.2, 0.25) is 0 Å². The lowest BCUT2D eigenvalue weighted by molar-refractivity contribution is 1.05. The van der Waals surface area contributed by atoms with E-state index >= 15 is 0 Å². The van der Waals surface area contributed by atoms with Gasteiger partial charge in [-0.1, -0.05) is 24.6 Å². The van der Waals surface area contributed by atoms with Gasteiger partial charge in [0.25, 0.3) is 0 Å². The van der Waals surface area contributed by atoms with E-state index in [1.807, 2.05) is 13.1 Å². The Balaban J connectivity index is 2.10. The van der Waals surface area contributed by atoms with E-state index < -0.39 is 0 Å². The molecule has 3 rings (SSSR count). The molecule has 1 N–H and O–H groups in total. The number of nitrogens with zero attached hydrogens (tertiary/aromatic N) is 3. The number of H-pyrrole nitrogens is 1. The summed E-state index contributed by atoms with van der Waals surface area (Å²) in [7, 11) is 0. The first kappa shape index (κ1) is 15.4. The van der Waals surface area contributed by atoms with Crippen molar-refractivity contribution in [1.29, 1.82) is 0 Å². The van der Waals surface area contributed by atoms with Crippen molar-refractivity contribution in [2.45, 2.75) is 41.0 Å². The second kappa shape index (κ2) is 5.95. The fourth-order valence-corrected chi connectivity index (χ4v) is 3.13. The number of aromatic amines is 1. The van der Waals surface area contributed by atoms with Gasteiger partial charge in [-0.3, -0.25) is 10.1 Å². The third-order valence-electron chi connectivity index (χ3n) is 4.14. The van der Waals surface area contributed by atoms with Gasteiger partial charge in [0.15, 0.2) is 11.6 Å². The molecule has 0 aliphatic heterocycles. The first-order chi connectivity index (χ1) is 11.0.